The van der Waals surface area contributed by atoms with Crippen molar-refractivity contribution in [1.29, 1.82) is 0 Å². The summed E-state index contributed by atoms with van der Waals surface area (Å²) in [6.07, 6.45) is 0. The minimum atomic E-state index is 0.901. The first kappa shape index (κ1) is 33.6. The molecule has 0 bridgehead atoms. The average molecular weight is 740 g/mol. The zero-order valence-corrected chi connectivity index (χ0v) is 31.7. The van der Waals surface area contributed by atoms with Crippen LogP contribution in [0.3, 0.4) is 0 Å². The van der Waals surface area contributed by atoms with E-state index in [1.54, 1.807) is 0 Å². The van der Waals surface area contributed by atoms with E-state index in [1.165, 1.54) is 43.8 Å². The number of anilines is 3. The molecule has 0 aliphatic rings. The molecule has 58 heavy (non-hydrogen) atoms. The van der Waals surface area contributed by atoms with Gasteiger partial charge >= 0.3 is 0 Å². The first-order chi connectivity index (χ1) is 28.8. The minimum Gasteiger partial charge on any atom is -0.455 e. The van der Waals surface area contributed by atoms with Crippen molar-refractivity contribution in [3.05, 3.63) is 224 Å². The lowest BCUT2D eigenvalue weighted by molar-refractivity contribution is 0.670. The van der Waals surface area contributed by atoms with Crippen molar-refractivity contribution >= 4 is 60.5 Å². The molecule has 0 atom stereocenters. The van der Waals surface area contributed by atoms with E-state index < -0.39 is 0 Å². The number of para-hydroxylation sites is 4. The van der Waals surface area contributed by atoms with Crippen LogP contribution < -0.4 is 4.90 Å². The van der Waals surface area contributed by atoms with Crippen LogP contribution in [0.1, 0.15) is 0 Å². The Labute approximate surface area is 337 Å². The van der Waals surface area contributed by atoms with Crippen molar-refractivity contribution < 1.29 is 4.42 Å². The summed E-state index contributed by atoms with van der Waals surface area (Å²) in [6, 6.07) is 80.8. The highest BCUT2D eigenvalue weighted by Gasteiger charge is 2.22. The van der Waals surface area contributed by atoms with Crippen LogP contribution in [0.25, 0.3) is 88.0 Å². The number of hydrogen-bond donors (Lipinski definition) is 0. The van der Waals surface area contributed by atoms with E-state index in [0.717, 1.165) is 61.3 Å². The van der Waals surface area contributed by atoms with Crippen LogP contribution in [0.4, 0.5) is 17.1 Å². The van der Waals surface area contributed by atoms with Crippen molar-refractivity contribution in [1.82, 2.24) is 0 Å². The van der Waals surface area contributed by atoms with Crippen molar-refractivity contribution in [3.63, 3.8) is 0 Å². The highest BCUT2D eigenvalue weighted by Crippen LogP contribution is 2.47. The molecule has 0 saturated heterocycles. The van der Waals surface area contributed by atoms with E-state index in [2.05, 4.69) is 217 Å². The highest BCUT2D eigenvalue weighted by atomic mass is 16.3. The van der Waals surface area contributed by atoms with Gasteiger partial charge in [-0.15, -0.1) is 0 Å². The fourth-order valence-electron chi connectivity index (χ4n) is 8.75. The van der Waals surface area contributed by atoms with E-state index in [0.29, 0.717) is 0 Å². The third-order valence-corrected chi connectivity index (χ3v) is 11.5. The van der Waals surface area contributed by atoms with Gasteiger partial charge in [-0.1, -0.05) is 188 Å². The van der Waals surface area contributed by atoms with Crippen LogP contribution in [0, 0.1) is 0 Å². The topological polar surface area (TPSA) is 16.4 Å². The Kier molecular flexibility index (Phi) is 8.19. The maximum absolute atomic E-state index is 6.48. The van der Waals surface area contributed by atoms with Crippen LogP contribution in [-0.4, -0.2) is 0 Å². The summed E-state index contributed by atoms with van der Waals surface area (Å²) in [5.74, 6) is 0. The van der Waals surface area contributed by atoms with Crippen LogP contribution >= 0.6 is 0 Å². The summed E-state index contributed by atoms with van der Waals surface area (Å²) in [6.45, 7) is 0. The van der Waals surface area contributed by atoms with Crippen molar-refractivity contribution in [2.75, 3.05) is 4.90 Å². The predicted octanol–water partition coefficient (Wildman–Crippen LogP) is 16.0. The third kappa shape index (κ3) is 5.74. The zero-order chi connectivity index (χ0) is 38.4. The smallest absolute Gasteiger partial charge is 0.143 e. The first-order valence-electron chi connectivity index (χ1n) is 19.8. The Bertz CT molecular complexity index is 3290. The standard InChI is InChI=1S/C56H37NO/c1-2-17-41-37-42(32-31-38(41)15-1)45-20-7-10-28-53(45)57(43-35-33-40(34-36-43)46-25-14-27-52-51-24-9-12-30-55(51)58-56(46)52)54-29-11-8-23-50(54)49-22-6-5-21-48(49)47-26-13-18-39-16-3-4-19-44(39)47/h1-37H. The van der Waals surface area contributed by atoms with E-state index in [1.807, 2.05) is 12.1 Å². The van der Waals surface area contributed by atoms with Gasteiger partial charge in [0.05, 0.1) is 11.4 Å². The quantitative estimate of drug-likeness (QED) is 0.162. The Balaban J connectivity index is 1.12. The molecule has 10 aromatic carbocycles. The number of furan rings is 1. The van der Waals surface area contributed by atoms with Gasteiger partial charge in [0.25, 0.3) is 0 Å². The van der Waals surface area contributed by atoms with E-state index >= 15 is 0 Å². The summed E-state index contributed by atoms with van der Waals surface area (Å²) < 4.78 is 6.48. The maximum atomic E-state index is 6.48. The van der Waals surface area contributed by atoms with E-state index in [9.17, 15) is 0 Å². The normalized spacial score (nSPS) is 11.4. The Morgan fingerprint density at radius 1 is 0.293 bits per heavy atom. The van der Waals surface area contributed by atoms with Gasteiger partial charge in [-0.05, 0) is 85.8 Å². The maximum Gasteiger partial charge on any atom is 0.143 e. The number of rotatable bonds is 7. The lowest BCUT2D eigenvalue weighted by Crippen LogP contribution is -2.12. The average Bonchev–Trinajstić information content (AvgIpc) is 3.69. The molecule has 0 aliphatic heterocycles. The second-order valence-corrected chi connectivity index (χ2v) is 14.8. The van der Waals surface area contributed by atoms with Gasteiger partial charge in [-0.2, -0.15) is 0 Å². The molecule has 1 aromatic heterocycles. The molecule has 1 heterocycles. The second-order valence-electron chi connectivity index (χ2n) is 14.8. The molecule has 0 spiro atoms. The predicted molar refractivity (Wildman–Crippen MR) is 245 cm³/mol. The molecule has 11 rings (SSSR count). The molecule has 0 amide bonds. The Hall–Kier alpha value is -7.68. The van der Waals surface area contributed by atoms with Gasteiger partial charge in [-0.25, -0.2) is 0 Å². The summed E-state index contributed by atoms with van der Waals surface area (Å²) in [4.78, 5) is 2.44. The summed E-state index contributed by atoms with van der Waals surface area (Å²) in [7, 11) is 0. The summed E-state index contributed by atoms with van der Waals surface area (Å²) in [5, 5.41) is 7.17. The second kappa shape index (κ2) is 14.1. The summed E-state index contributed by atoms with van der Waals surface area (Å²) >= 11 is 0. The molecule has 11 aromatic rings. The number of hydrogen-bond acceptors (Lipinski definition) is 2. The van der Waals surface area contributed by atoms with Crippen LogP contribution in [-0.2, 0) is 0 Å². The molecule has 0 saturated carbocycles. The minimum absolute atomic E-state index is 0.901. The van der Waals surface area contributed by atoms with Gasteiger partial charge in [0, 0.05) is 33.2 Å². The lowest BCUT2D eigenvalue weighted by atomic mass is 9.90. The van der Waals surface area contributed by atoms with Gasteiger partial charge in [0.2, 0.25) is 0 Å². The summed E-state index contributed by atoms with van der Waals surface area (Å²) in [5.41, 5.74) is 14.3. The van der Waals surface area contributed by atoms with Gasteiger partial charge in [0.1, 0.15) is 11.2 Å². The Morgan fingerprint density at radius 3 is 1.62 bits per heavy atom. The molecule has 0 N–H and O–H groups in total. The van der Waals surface area contributed by atoms with Gasteiger partial charge in [0.15, 0.2) is 0 Å². The van der Waals surface area contributed by atoms with E-state index in [4.69, 9.17) is 4.42 Å². The van der Waals surface area contributed by atoms with E-state index in [-0.39, 0.29) is 0 Å². The number of fused-ring (bicyclic) bond motifs is 5. The fourth-order valence-corrected chi connectivity index (χ4v) is 8.75. The zero-order valence-electron chi connectivity index (χ0n) is 31.7. The third-order valence-electron chi connectivity index (χ3n) is 11.5. The Morgan fingerprint density at radius 2 is 0.810 bits per heavy atom. The number of nitrogens with zero attached hydrogens (tertiary/aromatic N) is 1. The van der Waals surface area contributed by atoms with Gasteiger partial charge < -0.3 is 9.32 Å². The van der Waals surface area contributed by atoms with Crippen LogP contribution in [0.2, 0.25) is 0 Å². The molecule has 0 unspecified atom stereocenters. The SMILES string of the molecule is c1ccc(-c2cccc3ccccc23)c(-c2ccccc2N(c2ccc(-c3cccc4c3oc3ccccc34)cc2)c2ccccc2-c2ccc3ccccc3c2)c1. The molecule has 0 radical (unpaired) electrons. The lowest BCUT2D eigenvalue weighted by Gasteiger charge is -2.30. The van der Waals surface area contributed by atoms with Crippen molar-refractivity contribution in [2.24, 2.45) is 0 Å². The number of benzene rings is 10. The molecule has 2 heteroatoms. The van der Waals surface area contributed by atoms with Crippen LogP contribution in [0.5, 0.6) is 0 Å². The monoisotopic (exact) mass is 739 g/mol. The first-order valence-corrected chi connectivity index (χ1v) is 19.8. The molecule has 0 aliphatic carbocycles. The molecule has 0 fully saturated rings. The van der Waals surface area contributed by atoms with Gasteiger partial charge in [-0.3, -0.25) is 0 Å². The van der Waals surface area contributed by atoms with Crippen molar-refractivity contribution in [2.45, 2.75) is 0 Å². The largest absolute Gasteiger partial charge is 0.455 e. The highest BCUT2D eigenvalue weighted by molar-refractivity contribution is 6.10. The molecule has 2 nitrogen and oxygen atoms in total. The molecular formula is C56H37NO. The molecular weight excluding hydrogens is 703 g/mol. The van der Waals surface area contributed by atoms with Crippen LogP contribution in [0.15, 0.2) is 229 Å². The van der Waals surface area contributed by atoms with Crippen molar-refractivity contribution in [3.8, 4) is 44.5 Å². The molecule has 272 valence electrons. The fraction of sp³-hybridized carbons (Fsp3) is 0.